The highest BCUT2D eigenvalue weighted by Gasteiger charge is 2.29. The number of hydrogen-bond acceptors (Lipinski definition) is 3. The molecule has 0 spiro atoms. The Bertz CT molecular complexity index is 1390. The predicted octanol–water partition coefficient (Wildman–Crippen LogP) is 6.21. The van der Waals surface area contributed by atoms with Crippen LogP contribution in [-0.4, -0.2) is 26.9 Å². The minimum absolute atomic E-state index is 0.161. The van der Waals surface area contributed by atoms with Gasteiger partial charge in [-0.2, -0.15) is 0 Å². The number of aryl methyl sites for hydroxylation is 1. The largest absolute Gasteiger partial charge is 0.328 e. The molecule has 3 aromatic carbocycles. The van der Waals surface area contributed by atoms with E-state index in [1.807, 2.05) is 56.3 Å². The highest BCUT2D eigenvalue weighted by molar-refractivity contribution is 6.33. The zero-order valence-electron chi connectivity index (χ0n) is 19.8. The van der Waals surface area contributed by atoms with Gasteiger partial charge in [0.05, 0.1) is 33.2 Å². The normalized spacial score (nSPS) is 12.2. The number of fused-ring (bicyclic) bond motifs is 1. The molecule has 174 valence electrons. The quantitative estimate of drug-likeness (QED) is 0.334. The molecule has 6 heteroatoms. The lowest BCUT2D eigenvalue weighted by Gasteiger charge is -2.32. The number of aromatic nitrogens is 2. The molecular formula is C28H28ClN3O2. The Balaban J connectivity index is 1.93. The Morgan fingerprint density at radius 1 is 0.971 bits per heavy atom. The number of hydrogen-bond donors (Lipinski definition) is 0. The zero-order valence-corrected chi connectivity index (χ0v) is 20.6. The number of para-hydroxylation sites is 1. The topological polar surface area (TPSA) is 55.2 Å². The highest BCUT2D eigenvalue weighted by atomic mass is 35.5. The van der Waals surface area contributed by atoms with Crippen LogP contribution >= 0.6 is 11.6 Å². The Morgan fingerprint density at radius 2 is 1.62 bits per heavy atom. The van der Waals surface area contributed by atoms with Crippen molar-refractivity contribution in [2.75, 3.05) is 6.54 Å². The molecule has 1 heterocycles. The summed E-state index contributed by atoms with van der Waals surface area (Å²) in [5.41, 5.74) is 2.68. The zero-order chi connectivity index (χ0) is 24.4. The van der Waals surface area contributed by atoms with Crippen molar-refractivity contribution in [1.29, 1.82) is 0 Å². The summed E-state index contributed by atoms with van der Waals surface area (Å²) in [6, 6.07) is 21.6. The summed E-state index contributed by atoms with van der Waals surface area (Å²) in [5, 5.41) is 0.933. The van der Waals surface area contributed by atoms with Gasteiger partial charge < -0.3 is 4.90 Å². The van der Waals surface area contributed by atoms with Crippen molar-refractivity contribution in [2.24, 2.45) is 5.92 Å². The van der Waals surface area contributed by atoms with Gasteiger partial charge in [0.2, 0.25) is 0 Å². The van der Waals surface area contributed by atoms with Crippen LogP contribution in [0.4, 0.5) is 0 Å². The lowest BCUT2D eigenvalue weighted by atomic mass is 10.1. The number of carbonyl (C=O) groups is 1. The van der Waals surface area contributed by atoms with Gasteiger partial charge in [-0.05, 0) is 56.2 Å². The number of rotatable bonds is 6. The first-order valence-electron chi connectivity index (χ1n) is 11.4. The van der Waals surface area contributed by atoms with Crippen molar-refractivity contribution in [1.82, 2.24) is 14.5 Å². The number of nitrogens with zero attached hydrogens (tertiary/aromatic N) is 3. The van der Waals surface area contributed by atoms with Gasteiger partial charge in [0, 0.05) is 6.54 Å². The van der Waals surface area contributed by atoms with Crippen LogP contribution in [0.3, 0.4) is 0 Å². The summed E-state index contributed by atoms with van der Waals surface area (Å²) in [7, 11) is 0. The van der Waals surface area contributed by atoms with E-state index in [0.717, 1.165) is 5.56 Å². The van der Waals surface area contributed by atoms with Crippen LogP contribution in [0.25, 0.3) is 16.6 Å². The summed E-state index contributed by atoms with van der Waals surface area (Å²) >= 11 is 6.38. The molecule has 0 saturated heterocycles. The van der Waals surface area contributed by atoms with Gasteiger partial charge in [0.25, 0.3) is 11.5 Å². The van der Waals surface area contributed by atoms with Gasteiger partial charge in [-0.3, -0.25) is 14.2 Å². The van der Waals surface area contributed by atoms with Gasteiger partial charge in [-0.25, -0.2) is 4.98 Å². The summed E-state index contributed by atoms with van der Waals surface area (Å²) < 4.78 is 1.62. The summed E-state index contributed by atoms with van der Waals surface area (Å²) in [6.45, 7) is 8.52. The SMILES string of the molecule is Cc1ccc(-n2c(C(C)N(CC(C)C)C(=O)c3ccccc3Cl)nc3ccccc3c2=O)cc1. The smallest absolute Gasteiger partial charge is 0.266 e. The Labute approximate surface area is 204 Å². The van der Waals surface area contributed by atoms with E-state index in [4.69, 9.17) is 16.6 Å². The van der Waals surface area contributed by atoms with Crippen molar-refractivity contribution in [3.05, 3.63) is 105 Å². The maximum absolute atomic E-state index is 13.7. The third-order valence-corrected chi connectivity index (χ3v) is 6.19. The monoisotopic (exact) mass is 473 g/mol. The van der Waals surface area contributed by atoms with Crippen molar-refractivity contribution in [3.8, 4) is 5.69 Å². The molecule has 1 aromatic heterocycles. The summed E-state index contributed by atoms with van der Waals surface area (Å²) in [5.74, 6) is 0.521. The van der Waals surface area contributed by atoms with Crippen LogP contribution in [0.1, 0.15) is 48.6 Å². The maximum atomic E-state index is 13.7. The highest BCUT2D eigenvalue weighted by Crippen LogP contribution is 2.27. The minimum atomic E-state index is -0.482. The van der Waals surface area contributed by atoms with Crippen molar-refractivity contribution >= 4 is 28.4 Å². The van der Waals surface area contributed by atoms with E-state index in [9.17, 15) is 9.59 Å². The van der Waals surface area contributed by atoms with Crippen LogP contribution in [0.2, 0.25) is 5.02 Å². The average molecular weight is 474 g/mol. The van der Waals surface area contributed by atoms with Gasteiger partial charge in [-0.1, -0.05) is 67.4 Å². The Kier molecular flexibility index (Phi) is 6.85. The molecule has 0 saturated carbocycles. The number of amides is 1. The fraction of sp³-hybridized carbons (Fsp3) is 0.250. The second-order valence-corrected chi connectivity index (χ2v) is 9.38. The molecule has 4 rings (SSSR count). The number of halogens is 1. The third kappa shape index (κ3) is 4.62. The molecule has 0 aliphatic carbocycles. The van der Waals surface area contributed by atoms with Crippen molar-refractivity contribution < 1.29 is 4.79 Å². The summed E-state index contributed by atoms with van der Waals surface area (Å²) in [4.78, 5) is 34.0. The molecule has 0 radical (unpaired) electrons. The van der Waals surface area contributed by atoms with Crippen LogP contribution in [0.15, 0.2) is 77.6 Å². The van der Waals surface area contributed by atoms with Crippen molar-refractivity contribution in [3.63, 3.8) is 0 Å². The molecule has 1 unspecified atom stereocenters. The first-order chi connectivity index (χ1) is 16.3. The molecule has 1 atom stereocenters. The molecule has 4 aromatic rings. The van der Waals surface area contributed by atoms with E-state index in [-0.39, 0.29) is 17.4 Å². The predicted molar refractivity (Wildman–Crippen MR) is 138 cm³/mol. The lowest BCUT2D eigenvalue weighted by Crippen LogP contribution is -2.39. The van der Waals surface area contributed by atoms with Gasteiger partial charge >= 0.3 is 0 Å². The third-order valence-electron chi connectivity index (χ3n) is 5.86. The molecule has 0 aliphatic rings. The van der Waals surface area contributed by atoms with Crippen LogP contribution in [0, 0.1) is 12.8 Å². The average Bonchev–Trinajstić information content (AvgIpc) is 2.82. The van der Waals surface area contributed by atoms with Gasteiger partial charge in [0.15, 0.2) is 0 Å². The van der Waals surface area contributed by atoms with Crippen LogP contribution in [-0.2, 0) is 0 Å². The first kappa shape index (κ1) is 23.7. The van der Waals surface area contributed by atoms with Crippen LogP contribution in [0.5, 0.6) is 0 Å². The first-order valence-corrected chi connectivity index (χ1v) is 11.8. The van der Waals surface area contributed by atoms with Crippen molar-refractivity contribution in [2.45, 2.75) is 33.7 Å². The molecule has 5 nitrogen and oxygen atoms in total. The fourth-order valence-electron chi connectivity index (χ4n) is 4.11. The van der Waals surface area contributed by atoms with E-state index in [1.54, 1.807) is 39.8 Å². The van der Waals surface area contributed by atoms with Gasteiger partial charge in [0.1, 0.15) is 5.82 Å². The van der Waals surface area contributed by atoms with E-state index < -0.39 is 6.04 Å². The Hall–Kier alpha value is -3.44. The van der Waals surface area contributed by atoms with E-state index >= 15 is 0 Å². The molecular weight excluding hydrogens is 446 g/mol. The maximum Gasteiger partial charge on any atom is 0.266 e. The standard InChI is InChI=1S/C28H28ClN3O2/c1-18(2)17-31(27(33)22-9-5-7-11-24(22)29)20(4)26-30-25-12-8-6-10-23(25)28(34)32(26)21-15-13-19(3)14-16-21/h5-16,18,20H,17H2,1-4H3. The number of benzene rings is 3. The fourth-order valence-corrected chi connectivity index (χ4v) is 4.33. The molecule has 0 N–H and O–H groups in total. The minimum Gasteiger partial charge on any atom is -0.328 e. The second-order valence-electron chi connectivity index (χ2n) is 8.97. The second kappa shape index (κ2) is 9.82. The molecule has 0 bridgehead atoms. The lowest BCUT2D eigenvalue weighted by molar-refractivity contribution is 0.0655. The van der Waals surface area contributed by atoms with Crippen LogP contribution < -0.4 is 5.56 Å². The van der Waals surface area contributed by atoms with E-state index in [2.05, 4.69) is 13.8 Å². The number of carbonyl (C=O) groups excluding carboxylic acids is 1. The molecule has 0 aliphatic heterocycles. The molecule has 0 fully saturated rings. The van der Waals surface area contributed by atoms with E-state index in [0.29, 0.717) is 39.5 Å². The summed E-state index contributed by atoms with van der Waals surface area (Å²) in [6.07, 6.45) is 0. The van der Waals surface area contributed by atoms with E-state index in [1.165, 1.54) is 0 Å². The molecule has 34 heavy (non-hydrogen) atoms. The molecule has 1 amide bonds. The van der Waals surface area contributed by atoms with Gasteiger partial charge in [-0.15, -0.1) is 0 Å². The Morgan fingerprint density at radius 3 is 2.29 bits per heavy atom.